The summed E-state index contributed by atoms with van der Waals surface area (Å²) in [5, 5.41) is 13.2. The molecule has 210 valence electrons. The maximum atomic E-state index is 13.7. The molecule has 1 aromatic heterocycles. The van der Waals surface area contributed by atoms with Crippen LogP contribution < -0.4 is 31.0 Å². The van der Waals surface area contributed by atoms with Crippen molar-refractivity contribution in [1.82, 2.24) is 10.3 Å². The third-order valence-corrected chi connectivity index (χ3v) is 7.08. The molecule has 4 rings (SSSR count). The zero-order valence-electron chi connectivity index (χ0n) is 22.5. The number of amides is 1. The first kappa shape index (κ1) is 28.7. The number of fused-ring (bicyclic) bond motifs is 1. The smallest absolute Gasteiger partial charge is 0.247 e. The lowest BCUT2D eigenvalue weighted by atomic mass is 10.0. The van der Waals surface area contributed by atoms with E-state index in [9.17, 15) is 13.2 Å². The van der Waals surface area contributed by atoms with Gasteiger partial charge in [0.1, 0.15) is 11.9 Å². The molecule has 0 saturated carbocycles. The Hall–Kier alpha value is -4.35. The average molecular weight is 564 g/mol. The highest BCUT2D eigenvalue weighted by atomic mass is 32.2. The van der Waals surface area contributed by atoms with Crippen molar-refractivity contribution < 1.29 is 22.7 Å². The van der Waals surface area contributed by atoms with Crippen LogP contribution in [0.5, 0.6) is 11.5 Å². The van der Waals surface area contributed by atoms with Crippen LogP contribution in [0.15, 0.2) is 77.8 Å². The third-order valence-electron chi connectivity index (χ3n) is 6.06. The summed E-state index contributed by atoms with van der Waals surface area (Å²) in [5.74, 6) is 1.09. The standard InChI is InChI=1S/C29H33N5O5S/c1-4-38-25-16-20(9-12-24(25)39-18(2)3)27(34-22-10-11-23-19(15-22)13-14-32-28(23)30)29(35)33-17-21-7-5-6-8-26(21)40(31,36)37/h5-16,18,27,34H,4,17H2,1-3H3,(H2,30,32)(H,33,35)(H2,31,36,37). The Balaban J connectivity index is 1.70. The summed E-state index contributed by atoms with van der Waals surface area (Å²) < 4.78 is 35.8. The fourth-order valence-electron chi connectivity index (χ4n) is 4.29. The molecule has 10 nitrogen and oxygen atoms in total. The number of carbonyl (C=O) groups is 1. The first-order chi connectivity index (χ1) is 19.1. The lowest BCUT2D eigenvalue weighted by molar-refractivity contribution is -0.122. The fraction of sp³-hybridized carbons (Fsp3) is 0.241. The van der Waals surface area contributed by atoms with E-state index in [1.807, 2.05) is 45.0 Å². The molecule has 0 radical (unpaired) electrons. The first-order valence-electron chi connectivity index (χ1n) is 12.8. The number of primary sulfonamides is 1. The number of nitrogen functional groups attached to an aromatic ring is 1. The van der Waals surface area contributed by atoms with Gasteiger partial charge in [0.05, 0.1) is 17.6 Å². The van der Waals surface area contributed by atoms with Gasteiger partial charge in [-0.15, -0.1) is 0 Å². The normalized spacial score (nSPS) is 12.2. The van der Waals surface area contributed by atoms with Crippen LogP contribution in [0.2, 0.25) is 0 Å². The Morgan fingerprint density at radius 1 is 1.02 bits per heavy atom. The number of nitrogens with zero attached hydrogens (tertiary/aromatic N) is 1. The van der Waals surface area contributed by atoms with E-state index in [1.54, 1.807) is 42.6 Å². The van der Waals surface area contributed by atoms with Gasteiger partial charge in [-0.25, -0.2) is 18.5 Å². The van der Waals surface area contributed by atoms with Crippen molar-refractivity contribution in [3.8, 4) is 11.5 Å². The topological polar surface area (TPSA) is 159 Å². The van der Waals surface area contributed by atoms with Crippen LogP contribution in [0.4, 0.5) is 11.5 Å². The molecule has 0 aliphatic rings. The minimum absolute atomic E-state index is 0.0452. The molecular weight excluding hydrogens is 530 g/mol. The summed E-state index contributed by atoms with van der Waals surface area (Å²) in [4.78, 5) is 17.8. The minimum atomic E-state index is -3.97. The molecule has 4 aromatic rings. The van der Waals surface area contributed by atoms with E-state index in [-0.39, 0.29) is 17.5 Å². The molecule has 1 unspecified atom stereocenters. The predicted octanol–water partition coefficient (Wildman–Crippen LogP) is 4.12. The zero-order chi connectivity index (χ0) is 28.9. The van der Waals surface area contributed by atoms with Gasteiger partial charge >= 0.3 is 0 Å². The second-order valence-electron chi connectivity index (χ2n) is 9.39. The predicted molar refractivity (Wildman–Crippen MR) is 156 cm³/mol. The highest BCUT2D eigenvalue weighted by Crippen LogP contribution is 2.33. The second kappa shape index (κ2) is 12.2. The number of aromatic nitrogens is 1. The maximum Gasteiger partial charge on any atom is 0.247 e. The molecule has 1 heterocycles. The van der Waals surface area contributed by atoms with Crippen molar-refractivity contribution in [2.24, 2.45) is 5.14 Å². The Morgan fingerprint density at radius 2 is 1.80 bits per heavy atom. The summed E-state index contributed by atoms with van der Waals surface area (Å²) in [7, 11) is -3.97. The molecule has 0 spiro atoms. The quantitative estimate of drug-likeness (QED) is 0.212. The summed E-state index contributed by atoms with van der Waals surface area (Å²) >= 11 is 0. The van der Waals surface area contributed by atoms with Gasteiger partial charge in [0, 0.05) is 23.8 Å². The monoisotopic (exact) mass is 563 g/mol. The maximum absolute atomic E-state index is 13.7. The molecule has 1 amide bonds. The van der Waals surface area contributed by atoms with Gasteiger partial charge in [0.25, 0.3) is 0 Å². The number of pyridine rings is 1. The number of carbonyl (C=O) groups excluding carboxylic acids is 1. The average Bonchev–Trinajstić information content (AvgIpc) is 2.91. The van der Waals surface area contributed by atoms with E-state index >= 15 is 0 Å². The van der Waals surface area contributed by atoms with Crippen molar-refractivity contribution >= 4 is 38.2 Å². The molecule has 3 aromatic carbocycles. The van der Waals surface area contributed by atoms with E-state index < -0.39 is 22.0 Å². The van der Waals surface area contributed by atoms with E-state index in [0.29, 0.717) is 40.7 Å². The highest BCUT2D eigenvalue weighted by molar-refractivity contribution is 7.89. The van der Waals surface area contributed by atoms with Crippen LogP contribution in [0, 0.1) is 0 Å². The van der Waals surface area contributed by atoms with E-state index in [4.69, 9.17) is 20.3 Å². The van der Waals surface area contributed by atoms with E-state index in [0.717, 1.165) is 10.8 Å². The van der Waals surface area contributed by atoms with Crippen LogP contribution in [0.3, 0.4) is 0 Å². The summed E-state index contributed by atoms with van der Waals surface area (Å²) in [6.45, 7) is 6.07. The number of anilines is 2. The molecule has 6 N–H and O–H groups in total. The van der Waals surface area contributed by atoms with Crippen molar-refractivity contribution in [3.05, 3.63) is 84.1 Å². The van der Waals surface area contributed by atoms with Crippen LogP contribution in [0.25, 0.3) is 10.8 Å². The SMILES string of the molecule is CCOc1cc(C(Nc2ccc3c(N)nccc3c2)C(=O)NCc2ccccc2S(N)(=O)=O)ccc1OC(C)C. The van der Waals surface area contributed by atoms with Gasteiger partial charge in [0.2, 0.25) is 15.9 Å². The molecule has 0 aliphatic heterocycles. The van der Waals surface area contributed by atoms with Gasteiger partial charge in [-0.3, -0.25) is 4.79 Å². The molecule has 0 saturated heterocycles. The number of hydrogen-bond acceptors (Lipinski definition) is 8. The number of benzene rings is 3. The number of nitrogens with one attached hydrogen (secondary N) is 2. The van der Waals surface area contributed by atoms with Crippen molar-refractivity contribution in [3.63, 3.8) is 0 Å². The van der Waals surface area contributed by atoms with Gasteiger partial charge in [-0.2, -0.15) is 0 Å². The van der Waals surface area contributed by atoms with Crippen molar-refractivity contribution in [1.29, 1.82) is 0 Å². The van der Waals surface area contributed by atoms with Crippen LogP contribution >= 0.6 is 0 Å². The molecule has 0 bridgehead atoms. The highest BCUT2D eigenvalue weighted by Gasteiger charge is 2.24. The zero-order valence-corrected chi connectivity index (χ0v) is 23.4. The Kier molecular flexibility index (Phi) is 8.76. The van der Waals surface area contributed by atoms with Gasteiger partial charge in [0.15, 0.2) is 11.5 Å². The molecule has 40 heavy (non-hydrogen) atoms. The fourth-order valence-corrected chi connectivity index (χ4v) is 5.07. The summed E-state index contributed by atoms with van der Waals surface area (Å²) in [5.41, 5.74) is 7.67. The number of sulfonamides is 1. The minimum Gasteiger partial charge on any atom is -0.490 e. The van der Waals surface area contributed by atoms with Crippen LogP contribution in [-0.2, 0) is 21.4 Å². The molecule has 1 atom stereocenters. The van der Waals surface area contributed by atoms with Gasteiger partial charge < -0.3 is 25.8 Å². The molecular formula is C29H33N5O5S. The Morgan fingerprint density at radius 3 is 2.52 bits per heavy atom. The van der Waals surface area contributed by atoms with Crippen molar-refractivity contribution in [2.75, 3.05) is 17.7 Å². The molecule has 11 heteroatoms. The lowest BCUT2D eigenvalue weighted by Crippen LogP contribution is -2.33. The van der Waals surface area contributed by atoms with Crippen molar-refractivity contribution in [2.45, 2.75) is 44.4 Å². The number of ether oxygens (including phenoxy) is 2. The number of hydrogen-bond donors (Lipinski definition) is 4. The van der Waals surface area contributed by atoms with E-state index in [1.165, 1.54) is 6.07 Å². The third kappa shape index (κ3) is 6.80. The number of nitrogens with two attached hydrogens (primary N) is 2. The Bertz CT molecular complexity index is 1620. The summed E-state index contributed by atoms with van der Waals surface area (Å²) in [6, 6.07) is 18.1. The molecule has 0 aliphatic carbocycles. The van der Waals surface area contributed by atoms with Gasteiger partial charge in [-0.1, -0.05) is 24.3 Å². The largest absolute Gasteiger partial charge is 0.490 e. The number of rotatable bonds is 11. The Labute approximate surface area is 233 Å². The first-order valence-corrected chi connectivity index (χ1v) is 14.3. The summed E-state index contributed by atoms with van der Waals surface area (Å²) in [6.07, 6.45) is 1.55. The van der Waals surface area contributed by atoms with Crippen LogP contribution in [-0.4, -0.2) is 32.0 Å². The van der Waals surface area contributed by atoms with E-state index in [2.05, 4.69) is 15.6 Å². The van der Waals surface area contributed by atoms with Gasteiger partial charge in [-0.05, 0) is 79.7 Å². The second-order valence-corrected chi connectivity index (χ2v) is 10.9. The molecule has 0 fully saturated rings. The lowest BCUT2D eigenvalue weighted by Gasteiger charge is -2.22. The van der Waals surface area contributed by atoms with Crippen LogP contribution in [0.1, 0.15) is 37.9 Å².